The molecule has 0 rings (SSSR count). The molecule has 0 heterocycles. The third kappa shape index (κ3) is 41.0. The zero-order valence-electron chi connectivity index (χ0n) is 39.3. The van der Waals surface area contributed by atoms with E-state index in [1.807, 2.05) is 0 Å². The second-order valence-corrected chi connectivity index (χ2v) is 17.7. The molecule has 8 heteroatoms. The molecule has 3 atom stereocenters. The van der Waals surface area contributed by atoms with E-state index in [0.717, 1.165) is 70.6 Å². The fourth-order valence-corrected chi connectivity index (χ4v) is 8.04. The van der Waals surface area contributed by atoms with E-state index < -0.39 is 30.3 Å². The molecule has 0 fully saturated rings. The predicted octanol–water partition coefficient (Wildman–Crippen LogP) is 15.7. The quantitative estimate of drug-likeness (QED) is 0.0366. The number of aliphatic carboxylic acids is 1. The summed E-state index contributed by atoms with van der Waals surface area (Å²) in [5.74, 6) is -2.57. The largest absolute Gasteiger partial charge is 0.481 e. The number of carboxylic acids is 1. The van der Waals surface area contributed by atoms with Crippen molar-refractivity contribution in [3.05, 3.63) is 0 Å². The molecular weight excluding hydrogens is 741 g/mol. The van der Waals surface area contributed by atoms with Gasteiger partial charge in [-0.2, -0.15) is 0 Å². The Labute approximate surface area is 364 Å². The molecule has 0 saturated carbocycles. The number of carboxylic acid groups (broad SMARTS) is 1. The first-order chi connectivity index (χ1) is 28.7. The van der Waals surface area contributed by atoms with Crippen molar-refractivity contribution in [3.63, 3.8) is 0 Å². The molecule has 0 aromatic heterocycles. The van der Waals surface area contributed by atoms with Gasteiger partial charge in [0.2, 0.25) is 6.29 Å². The molecule has 348 valence electrons. The van der Waals surface area contributed by atoms with Gasteiger partial charge in [0.25, 0.3) is 0 Å². The molecule has 0 saturated heterocycles. The van der Waals surface area contributed by atoms with E-state index in [1.165, 1.54) is 154 Å². The van der Waals surface area contributed by atoms with Crippen molar-refractivity contribution < 1.29 is 38.5 Å². The SMILES string of the molecule is CCCCCCCCCCCCCCCCCC(=O)OC(C)OC(=O)C(CCCCCCCCC(=O)O)C(C)OC(=O)CCCCCCCCCCCCCCCCC. The van der Waals surface area contributed by atoms with Crippen molar-refractivity contribution in [2.75, 3.05) is 0 Å². The number of hydrogen-bond acceptors (Lipinski definition) is 7. The van der Waals surface area contributed by atoms with Crippen LogP contribution in [0.4, 0.5) is 0 Å². The topological polar surface area (TPSA) is 116 Å². The minimum Gasteiger partial charge on any atom is -0.481 e. The molecule has 59 heavy (non-hydrogen) atoms. The van der Waals surface area contributed by atoms with Crippen molar-refractivity contribution in [3.8, 4) is 0 Å². The minimum absolute atomic E-state index is 0.193. The zero-order chi connectivity index (χ0) is 43.4. The summed E-state index contributed by atoms with van der Waals surface area (Å²) >= 11 is 0. The number of carbonyl (C=O) groups excluding carboxylic acids is 3. The second-order valence-electron chi connectivity index (χ2n) is 17.7. The number of esters is 3. The Morgan fingerprint density at radius 3 is 1.00 bits per heavy atom. The van der Waals surface area contributed by atoms with Crippen LogP contribution in [0.5, 0.6) is 0 Å². The van der Waals surface area contributed by atoms with E-state index in [4.69, 9.17) is 19.3 Å². The van der Waals surface area contributed by atoms with Crippen LogP contribution in [0.1, 0.15) is 285 Å². The average molecular weight is 837 g/mol. The molecule has 0 aliphatic carbocycles. The van der Waals surface area contributed by atoms with Crippen LogP contribution in [-0.2, 0) is 33.4 Å². The van der Waals surface area contributed by atoms with Crippen LogP contribution in [-0.4, -0.2) is 41.4 Å². The van der Waals surface area contributed by atoms with E-state index in [-0.39, 0.29) is 18.4 Å². The molecule has 0 spiro atoms. The van der Waals surface area contributed by atoms with Crippen molar-refractivity contribution in [2.24, 2.45) is 5.92 Å². The Bertz CT molecular complexity index is 967. The summed E-state index contributed by atoms with van der Waals surface area (Å²) in [6.45, 7) is 7.86. The highest BCUT2D eigenvalue weighted by molar-refractivity contribution is 5.75. The van der Waals surface area contributed by atoms with E-state index in [1.54, 1.807) is 13.8 Å². The Morgan fingerprint density at radius 1 is 0.373 bits per heavy atom. The Hall–Kier alpha value is -2.12. The van der Waals surface area contributed by atoms with Gasteiger partial charge in [0.05, 0.1) is 5.92 Å². The molecule has 0 radical (unpaired) electrons. The molecule has 8 nitrogen and oxygen atoms in total. The van der Waals surface area contributed by atoms with Gasteiger partial charge in [0.15, 0.2) is 0 Å². The molecule has 0 aromatic carbocycles. The summed E-state index contributed by atoms with van der Waals surface area (Å²) in [5.41, 5.74) is 0. The standard InChI is InChI=1S/C51H96O8/c1-5-7-9-11-13-15-17-19-21-23-25-27-29-35-39-43-49(54)57-45(3)47(41-37-33-31-32-34-38-42-48(52)53)51(56)59-46(4)58-50(55)44-40-36-30-28-26-24-22-20-18-16-14-12-10-8-6-2/h45-47H,5-44H2,1-4H3,(H,52,53). The number of hydrogen-bond donors (Lipinski definition) is 1. The average Bonchev–Trinajstić information content (AvgIpc) is 3.19. The van der Waals surface area contributed by atoms with E-state index >= 15 is 0 Å². The van der Waals surface area contributed by atoms with Gasteiger partial charge < -0.3 is 19.3 Å². The summed E-state index contributed by atoms with van der Waals surface area (Å²) in [5, 5.41) is 8.86. The van der Waals surface area contributed by atoms with Crippen molar-refractivity contribution in [1.29, 1.82) is 0 Å². The van der Waals surface area contributed by atoms with Gasteiger partial charge in [-0.25, -0.2) is 0 Å². The number of ether oxygens (including phenoxy) is 3. The third-order valence-electron chi connectivity index (χ3n) is 11.9. The van der Waals surface area contributed by atoms with Gasteiger partial charge in [-0.15, -0.1) is 0 Å². The number of rotatable bonds is 46. The lowest BCUT2D eigenvalue weighted by Gasteiger charge is -2.24. The fraction of sp³-hybridized carbons (Fsp3) is 0.922. The highest BCUT2D eigenvalue weighted by atomic mass is 16.7. The van der Waals surface area contributed by atoms with Gasteiger partial charge in [0, 0.05) is 26.2 Å². The molecule has 0 aliphatic heterocycles. The van der Waals surface area contributed by atoms with E-state index in [0.29, 0.717) is 25.7 Å². The highest BCUT2D eigenvalue weighted by Gasteiger charge is 2.31. The predicted molar refractivity (Wildman–Crippen MR) is 244 cm³/mol. The first-order valence-corrected chi connectivity index (χ1v) is 25.5. The lowest BCUT2D eigenvalue weighted by Crippen LogP contribution is -2.34. The minimum atomic E-state index is -1.01. The first kappa shape index (κ1) is 56.9. The van der Waals surface area contributed by atoms with Crippen LogP contribution in [0.2, 0.25) is 0 Å². The molecule has 0 aliphatic rings. The molecule has 0 amide bonds. The lowest BCUT2D eigenvalue weighted by atomic mass is 9.95. The van der Waals surface area contributed by atoms with Gasteiger partial charge in [-0.3, -0.25) is 19.2 Å². The van der Waals surface area contributed by atoms with Crippen LogP contribution in [0.3, 0.4) is 0 Å². The van der Waals surface area contributed by atoms with Crippen LogP contribution < -0.4 is 0 Å². The fourth-order valence-electron chi connectivity index (χ4n) is 8.04. The second kappa shape index (κ2) is 44.0. The van der Waals surface area contributed by atoms with Crippen molar-refractivity contribution in [1.82, 2.24) is 0 Å². The summed E-state index contributed by atoms with van der Waals surface area (Å²) in [6, 6.07) is 0. The monoisotopic (exact) mass is 837 g/mol. The number of carbonyl (C=O) groups is 4. The van der Waals surface area contributed by atoms with Gasteiger partial charge in [-0.05, 0) is 32.6 Å². The molecule has 0 bridgehead atoms. The van der Waals surface area contributed by atoms with Gasteiger partial charge >= 0.3 is 23.9 Å². The molecule has 3 unspecified atom stereocenters. The Balaban J connectivity index is 4.42. The van der Waals surface area contributed by atoms with Crippen molar-refractivity contribution >= 4 is 23.9 Å². The van der Waals surface area contributed by atoms with Crippen LogP contribution in [0.25, 0.3) is 0 Å². The normalized spacial score (nSPS) is 12.9. The summed E-state index contributed by atoms with van der Waals surface area (Å²) < 4.78 is 16.8. The summed E-state index contributed by atoms with van der Waals surface area (Å²) in [7, 11) is 0. The van der Waals surface area contributed by atoms with Crippen molar-refractivity contribution in [2.45, 2.75) is 297 Å². The maximum absolute atomic E-state index is 13.4. The highest BCUT2D eigenvalue weighted by Crippen LogP contribution is 2.22. The molecule has 1 N–H and O–H groups in total. The first-order valence-electron chi connectivity index (χ1n) is 25.5. The lowest BCUT2D eigenvalue weighted by molar-refractivity contribution is -0.190. The molecule has 0 aromatic rings. The Morgan fingerprint density at radius 2 is 0.661 bits per heavy atom. The van der Waals surface area contributed by atoms with Crippen LogP contribution in [0.15, 0.2) is 0 Å². The summed E-state index contributed by atoms with van der Waals surface area (Å²) in [6.07, 6.45) is 42.7. The van der Waals surface area contributed by atoms with E-state index in [9.17, 15) is 19.2 Å². The maximum Gasteiger partial charge on any atom is 0.315 e. The van der Waals surface area contributed by atoms with Gasteiger partial charge in [-0.1, -0.05) is 226 Å². The Kier molecular flexibility index (Phi) is 42.4. The van der Waals surface area contributed by atoms with E-state index in [2.05, 4.69) is 13.8 Å². The molecular formula is C51H96O8. The van der Waals surface area contributed by atoms with Crippen LogP contribution >= 0.6 is 0 Å². The maximum atomic E-state index is 13.4. The van der Waals surface area contributed by atoms with Crippen LogP contribution in [0, 0.1) is 5.92 Å². The zero-order valence-corrected chi connectivity index (χ0v) is 39.3. The smallest absolute Gasteiger partial charge is 0.315 e. The number of unbranched alkanes of at least 4 members (excludes halogenated alkanes) is 33. The van der Waals surface area contributed by atoms with Gasteiger partial charge in [0.1, 0.15) is 6.10 Å². The third-order valence-corrected chi connectivity index (χ3v) is 11.9. The summed E-state index contributed by atoms with van der Waals surface area (Å²) in [4.78, 5) is 49.5.